The van der Waals surface area contributed by atoms with Crippen molar-refractivity contribution in [2.45, 2.75) is 412 Å². The summed E-state index contributed by atoms with van der Waals surface area (Å²) in [6.07, 6.45) is 83.8. The minimum Gasteiger partial charge on any atom is -0.462 e. The van der Waals surface area contributed by atoms with Crippen LogP contribution in [0.2, 0.25) is 0 Å². The Morgan fingerprint density at radius 3 is 0.684 bits per heavy atom. The van der Waals surface area contributed by atoms with Crippen molar-refractivity contribution >= 4 is 17.9 Å². The first-order valence-electron chi connectivity index (χ1n) is 35.8. The average molecular weight is 1110 g/mol. The van der Waals surface area contributed by atoms with Gasteiger partial charge < -0.3 is 14.2 Å². The standard InChI is InChI=1S/C73H138O6/c1-4-7-10-13-16-19-22-24-26-28-30-32-34-35-36-37-38-39-40-42-43-45-47-49-51-54-57-60-63-66-72(75)78-69-70(68-77-71(74)65-62-59-56-53-21-18-15-12-9-6-3)79-73(76)67-64-61-58-55-52-50-48-46-44-41-33-31-29-27-25-23-20-17-14-11-8-5-2/h12,15,28,30,70H,4-11,13-14,16-27,29,31-69H2,1-3H3/b15-12-,30-28-. The molecule has 1 unspecified atom stereocenters. The average Bonchev–Trinajstić information content (AvgIpc) is 3.45. The Morgan fingerprint density at radius 1 is 0.241 bits per heavy atom. The molecule has 6 nitrogen and oxygen atoms in total. The van der Waals surface area contributed by atoms with E-state index in [1.54, 1.807) is 0 Å². The first-order chi connectivity index (χ1) is 39.0. The molecule has 0 fully saturated rings. The van der Waals surface area contributed by atoms with Crippen LogP contribution < -0.4 is 0 Å². The Morgan fingerprint density at radius 2 is 0.443 bits per heavy atom. The monoisotopic (exact) mass is 1110 g/mol. The van der Waals surface area contributed by atoms with Crippen LogP contribution in [0.3, 0.4) is 0 Å². The van der Waals surface area contributed by atoms with Crippen molar-refractivity contribution in [3.8, 4) is 0 Å². The fourth-order valence-electron chi connectivity index (χ4n) is 11.0. The molecule has 79 heavy (non-hydrogen) atoms. The first-order valence-corrected chi connectivity index (χ1v) is 35.8. The van der Waals surface area contributed by atoms with Gasteiger partial charge in [0.05, 0.1) is 0 Å². The summed E-state index contributed by atoms with van der Waals surface area (Å²) in [5.41, 5.74) is 0. The molecule has 0 rings (SSSR count). The van der Waals surface area contributed by atoms with Gasteiger partial charge in [-0.1, -0.05) is 347 Å². The van der Waals surface area contributed by atoms with Crippen molar-refractivity contribution in [2.75, 3.05) is 13.2 Å². The zero-order valence-corrected chi connectivity index (χ0v) is 53.7. The molecule has 0 aliphatic heterocycles. The first kappa shape index (κ1) is 76.9. The topological polar surface area (TPSA) is 78.9 Å². The molecule has 0 amide bonds. The van der Waals surface area contributed by atoms with Gasteiger partial charge in [0.2, 0.25) is 0 Å². The van der Waals surface area contributed by atoms with Gasteiger partial charge in [0.15, 0.2) is 6.10 Å². The lowest BCUT2D eigenvalue weighted by Crippen LogP contribution is -2.30. The number of ether oxygens (including phenoxy) is 3. The zero-order chi connectivity index (χ0) is 57.1. The lowest BCUT2D eigenvalue weighted by atomic mass is 10.0. The Hall–Kier alpha value is -2.11. The van der Waals surface area contributed by atoms with Crippen LogP contribution in [0.1, 0.15) is 406 Å². The van der Waals surface area contributed by atoms with Crippen molar-refractivity contribution < 1.29 is 28.6 Å². The molecule has 0 aromatic heterocycles. The van der Waals surface area contributed by atoms with E-state index < -0.39 is 6.10 Å². The molecule has 0 heterocycles. The van der Waals surface area contributed by atoms with Crippen molar-refractivity contribution in [3.05, 3.63) is 24.3 Å². The summed E-state index contributed by atoms with van der Waals surface area (Å²) in [7, 11) is 0. The molecule has 0 aliphatic carbocycles. The van der Waals surface area contributed by atoms with Gasteiger partial charge in [-0.25, -0.2) is 0 Å². The van der Waals surface area contributed by atoms with Crippen LogP contribution in [0.15, 0.2) is 24.3 Å². The van der Waals surface area contributed by atoms with Gasteiger partial charge in [-0.2, -0.15) is 0 Å². The highest BCUT2D eigenvalue weighted by molar-refractivity contribution is 5.71. The number of hydrogen-bond acceptors (Lipinski definition) is 6. The summed E-state index contributed by atoms with van der Waals surface area (Å²) < 4.78 is 17.0. The fourth-order valence-corrected chi connectivity index (χ4v) is 11.0. The molecule has 0 aromatic carbocycles. The van der Waals surface area contributed by atoms with E-state index in [0.29, 0.717) is 19.3 Å². The molecule has 0 N–H and O–H groups in total. The summed E-state index contributed by atoms with van der Waals surface area (Å²) in [4.78, 5) is 38.3. The van der Waals surface area contributed by atoms with Crippen molar-refractivity contribution in [1.82, 2.24) is 0 Å². The number of carbonyl (C=O) groups excluding carboxylic acids is 3. The van der Waals surface area contributed by atoms with Gasteiger partial charge in [0.25, 0.3) is 0 Å². The maximum Gasteiger partial charge on any atom is 0.306 e. The van der Waals surface area contributed by atoms with E-state index in [-0.39, 0.29) is 31.1 Å². The second-order valence-corrected chi connectivity index (χ2v) is 24.5. The quantitative estimate of drug-likeness (QED) is 0.0261. The summed E-state index contributed by atoms with van der Waals surface area (Å²) in [6.45, 7) is 6.65. The molecule has 6 heteroatoms. The highest BCUT2D eigenvalue weighted by Gasteiger charge is 2.19. The molecule has 466 valence electrons. The Labute approximate surface area is 493 Å². The normalized spacial score (nSPS) is 12.1. The molecule has 0 saturated carbocycles. The van der Waals surface area contributed by atoms with Crippen LogP contribution in [0.4, 0.5) is 0 Å². The number of esters is 3. The fraction of sp³-hybridized carbons (Fsp3) is 0.904. The third-order valence-corrected chi connectivity index (χ3v) is 16.4. The summed E-state index contributed by atoms with van der Waals surface area (Å²) in [5.74, 6) is -0.848. The van der Waals surface area contributed by atoms with Gasteiger partial charge in [-0.3, -0.25) is 14.4 Å². The minimum absolute atomic E-state index is 0.0678. The van der Waals surface area contributed by atoms with E-state index >= 15 is 0 Å². The molecule has 0 radical (unpaired) electrons. The Bertz CT molecular complexity index is 1270. The number of hydrogen-bond donors (Lipinski definition) is 0. The van der Waals surface area contributed by atoms with Crippen molar-refractivity contribution in [2.24, 2.45) is 0 Å². The zero-order valence-electron chi connectivity index (χ0n) is 53.7. The lowest BCUT2D eigenvalue weighted by Gasteiger charge is -2.18. The minimum atomic E-state index is -0.771. The lowest BCUT2D eigenvalue weighted by molar-refractivity contribution is -0.167. The van der Waals surface area contributed by atoms with Crippen molar-refractivity contribution in [3.63, 3.8) is 0 Å². The van der Waals surface area contributed by atoms with Crippen LogP contribution in [0, 0.1) is 0 Å². The number of carbonyl (C=O) groups is 3. The van der Waals surface area contributed by atoms with E-state index in [1.807, 2.05) is 0 Å². The predicted octanol–water partition coefficient (Wildman–Crippen LogP) is 24.6. The number of rotatable bonds is 67. The number of unbranched alkanes of at least 4 members (excludes halogenated alkanes) is 52. The molecule has 0 aliphatic rings. The molecule has 0 saturated heterocycles. The van der Waals surface area contributed by atoms with E-state index in [1.165, 1.54) is 295 Å². The smallest absolute Gasteiger partial charge is 0.306 e. The largest absolute Gasteiger partial charge is 0.462 e. The summed E-state index contributed by atoms with van der Waals surface area (Å²) >= 11 is 0. The van der Waals surface area contributed by atoms with Gasteiger partial charge in [-0.15, -0.1) is 0 Å². The van der Waals surface area contributed by atoms with Crippen LogP contribution >= 0.6 is 0 Å². The van der Waals surface area contributed by atoms with Crippen LogP contribution in [-0.4, -0.2) is 37.2 Å². The maximum atomic E-state index is 12.9. The summed E-state index contributed by atoms with van der Waals surface area (Å²) in [6, 6.07) is 0. The van der Waals surface area contributed by atoms with Crippen LogP contribution in [-0.2, 0) is 28.6 Å². The molecule has 0 aromatic rings. The van der Waals surface area contributed by atoms with Gasteiger partial charge in [-0.05, 0) is 64.2 Å². The Balaban J connectivity index is 4.10. The third-order valence-electron chi connectivity index (χ3n) is 16.4. The van der Waals surface area contributed by atoms with E-state index in [9.17, 15) is 14.4 Å². The van der Waals surface area contributed by atoms with E-state index in [2.05, 4.69) is 45.1 Å². The SMILES string of the molecule is CCC/C=C\CCCCCCCC(=O)OCC(COC(=O)CCCCCCCCCCCCCCCCCCC/C=C\CCCCCCCCCC)OC(=O)CCCCCCCCCCCCCCCCCCCCCCCC. The van der Waals surface area contributed by atoms with Crippen LogP contribution in [0.25, 0.3) is 0 Å². The molecule has 0 spiro atoms. The molecular weight excluding hydrogens is 973 g/mol. The molecule has 1 atom stereocenters. The van der Waals surface area contributed by atoms with E-state index in [0.717, 1.165) is 70.6 Å². The van der Waals surface area contributed by atoms with Crippen molar-refractivity contribution in [1.29, 1.82) is 0 Å². The van der Waals surface area contributed by atoms with E-state index in [4.69, 9.17) is 14.2 Å². The van der Waals surface area contributed by atoms with Gasteiger partial charge >= 0.3 is 17.9 Å². The van der Waals surface area contributed by atoms with Crippen LogP contribution in [0.5, 0.6) is 0 Å². The second kappa shape index (κ2) is 68.4. The van der Waals surface area contributed by atoms with Gasteiger partial charge in [0.1, 0.15) is 13.2 Å². The maximum absolute atomic E-state index is 12.9. The molecule has 0 bridgehead atoms. The number of allylic oxidation sites excluding steroid dienone is 4. The predicted molar refractivity (Wildman–Crippen MR) is 344 cm³/mol. The highest BCUT2D eigenvalue weighted by Crippen LogP contribution is 2.19. The summed E-state index contributed by atoms with van der Waals surface area (Å²) in [5, 5.41) is 0. The van der Waals surface area contributed by atoms with Gasteiger partial charge in [0, 0.05) is 19.3 Å². The third kappa shape index (κ3) is 66.6. The second-order valence-electron chi connectivity index (χ2n) is 24.5. The molecular formula is C73H138O6. The highest BCUT2D eigenvalue weighted by atomic mass is 16.6. The Kier molecular flexibility index (Phi) is 66.6.